The molecular formula is C19H12N4OS. The van der Waals surface area contributed by atoms with Crippen molar-refractivity contribution >= 4 is 34.4 Å². The summed E-state index contributed by atoms with van der Waals surface area (Å²) in [5.74, 6) is 1.12. The molecule has 0 bridgehead atoms. The van der Waals surface area contributed by atoms with Crippen molar-refractivity contribution in [2.24, 2.45) is 0 Å². The van der Waals surface area contributed by atoms with Gasteiger partial charge in [0, 0.05) is 12.3 Å². The number of nitriles is 1. The van der Waals surface area contributed by atoms with Crippen molar-refractivity contribution in [1.29, 1.82) is 5.26 Å². The number of para-hydroxylation sites is 2. The Kier molecular flexibility index (Phi) is 4.07. The monoisotopic (exact) mass is 344 g/mol. The van der Waals surface area contributed by atoms with Gasteiger partial charge in [0.1, 0.15) is 22.7 Å². The van der Waals surface area contributed by atoms with Crippen LogP contribution in [0, 0.1) is 11.3 Å². The Morgan fingerprint density at radius 1 is 1.12 bits per heavy atom. The van der Waals surface area contributed by atoms with Crippen LogP contribution in [0.25, 0.3) is 22.7 Å². The second kappa shape index (κ2) is 6.67. The number of aromatic amines is 1. The summed E-state index contributed by atoms with van der Waals surface area (Å²) < 4.78 is 5.77. The maximum atomic E-state index is 9.47. The molecule has 0 aliphatic heterocycles. The Morgan fingerprint density at radius 3 is 2.80 bits per heavy atom. The maximum absolute atomic E-state index is 9.47. The van der Waals surface area contributed by atoms with Crippen molar-refractivity contribution in [2.45, 2.75) is 10.1 Å². The molecule has 0 spiro atoms. The number of allylic oxidation sites excluding steroid dienone is 1. The average Bonchev–Trinajstić information content (AvgIpc) is 3.27. The van der Waals surface area contributed by atoms with E-state index in [1.807, 2.05) is 54.6 Å². The van der Waals surface area contributed by atoms with Crippen LogP contribution >= 0.6 is 11.8 Å². The van der Waals surface area contributed by atoms with Gasteiger partial charge in [0.25, 0.3) is 0 Å². The molecule has 3 aromatic heterocycles. The van der Waals surface area contributed by atoms with Crippen LogP contribution < -0.4 is 0 Å². The van der Waals surface area contributed by atoms with Crippen LogP contribution in [0.5, 0.6) is 0 Å². The molecule has 0 aliphatic rings. The average molecular weight is 344 g/mol. The summed E-state index contributed by atoms with van der Waals surface area (Å²) in [5, 5.41) is 11.0. The van der Waals surface area contributed by atoms with Crippen LogP contribution in [-0.4, -0.2) is 15.0 Å². The molecule has 1 N–H and O–H groups in total. The molecule has 0 saturated heterocycles. The zero-order valence-corrected chi connectivity index (χ0v) is 13.8. The number of nitrogens with zero attached hydrogens (tertiary/aromatic N) is 3. The van der Waals surface area contributed by atoms with E-state index in [9.17, 15) is 5.26 Å². The molecule has 4 rings (SSSR count). The van der Waals surface area contributed by atoms with Crippen molar-refractivity contribution < 1.29 is 4.42 Å². The molecule has 0 aliphatic carbocycles. The first-order valence-corrected chi connectivity index (χ1v) is 8.39. The van der Waals surface area contributed by atoms with E-state index < -0.39 is 0 Å². The van der Waals surface area contributed by atoms with Crippen molar-refractivity contribution in [1.82, 2.24) is 15.0 Å². The molecule has 25 heavy (non-hydrogen) atoms. The second-order valence-electron chi connectivity index (χ2n) is 5.20. The van der Waals surface area contributed by atoms with Crippen LogP contribution in [0.2, 0.25) is 0 Å². The van der Waals surface area contributed by atoms with Gasteiger partial charge in [-0.1, -0.05) is 18.2 Å². The summed E-state index contributed by atoms with van der Waals surface area (Å²) >= 11 is 1.43. The highest BCUT2D eigenvalue weighted by molar-refractivity contribution is 7.99. The number of rotatable bonds is 4. The zero-order valence-electron chi connectivity index (χ0n) is 13.0. The molecule has 120 valence electrons. The van der Waals surface area contributed by atoms with Gasteiger partial charge in [-0.3, -0.25) is 0 Å². The lowest BCUT2D eigenvalue weighted by atomic mass is 10.2. The number of hydrogen-bond donors (Lipinski definition) is 1. The first-order chi connectivity index (χ1) is 12.3. The van der Waals surface area contributed by atoms with Crippen LogP contribution in [0.15, 0.2) is 75.3 Å². The molecule has 6 heteroatoms. The van der Waals surface area contributed by atoms with Gasteiger partial charge in [-0.05, 0) is 48.2 Å². The van der Waals surface area contributed by atoms with Crippen molar-refractivity contribution in [3.8, 4) is 6.07 Å². The number of nitrogens with one attached hydrogen (secondary N) is 1. The Balaban J connectivity index is 1.61. The smallest absolute Gasteiger partial charge is 0.167 e. The fourth-order valence-electron chi connectivity index (χ4n) is 2.35. The van der Waals surface area contributed by atoms with Gasteiger partial charge in [0.05, 0.1) is 16.6 Å². The topological polar surface area (TPSA) is 78.5 Å². The van der Waals surface area contributed by atoms with E-state index >= 15 is 0 Å². The first kappa shape index (κ1) is 15.2. The SMILES string of the molecule is N#C/C(=C\c1ccc(Sc2ccccn2)o1)c1nc2ccccc2[nH]1. The third-order valence-corrected chi connectivity index (χ3v) is 4.37. The lowest BCUT2D eigenvalue weighted by Crippen LogP contribution is -1.84. The van der Waals surface area contributed by atoms with Crippen LogP contribution in [-0.2, 0) is 0 Å². The quantitative estimate of drug-likeness (QED) is 0.540. The molecular weight excluding hydrogens is 332 g/mol. The lowest BCUT2D eigenvalue weighted by molar-refractivity contribution is 0.466. The zero-order chi connectivity index (χ0) is 17.1. The Labute approximate surface area is 148 Å². The van der Waals surface area contributed by atoms with Crippen LogP contribution in [0.3, 0.4) is 0 Å². The number of furan rings is 1. The highest BCUT2D eigenvalue weighted by atomic mass is 32.2. The van der Waals surface area contributed by atoms with Gasteiger partial charge in [-0.25, -0.2) is 9.97 Å². The van der Waals surface area contributed by atoms with Crippen molar-refractivity contribution in [3.05, 3.63) is 72.4 Å². The summed E-state index contributed by atoms with van der Waals surface area (Å²) in [5.41, 5.74) is 2.13. The third-order valence-electron chi connectivity index (χ3n) is 3.50. The van der Waals surface area contributed by atoms with Crippen LogP contribution in [0.4, 0.5) is 0 Å². The molecule has 4 aromatic rings. The van der Waals surface area contributed by atoms with E-state index in [1.165, 1.54) is 11.8 Å². The lowest BCUT2D eigenvalue weighted by Gasteiger charge is -1.95. The molecule has 0 atom stereocenters. The molecule has 3 heterocycles. The van der Waals surface area contributed by atoms with E-state index in [4.69, 9.17) is 4.42 Å². The highest BCUT2D eigenvalue weighted by Crippen LogP contribution is 2.29. The minimum Gasteiger partial charge on any atom is -0.450 e. The van der Waals surface area contributed by atoms with Gasteiger partial charge < -0.3 is 9.40 Å². The van der Waals surface area contributed by atoms with Gasteiger partial charge in [-0.2, -0.15) is 5.26 Å². The van der Waals surface area contributed by atoms with E-state index in [2.05, 4.69) is 21.0 Å². The molecule has 0 radical (unpaired) electrons. The van der Waals surface area contributed by atoms with Gasteiger partial charge in [0.2, 0.25) is 0 Å². The fourth-order valence-corrected chi connectivity index (χ4v) is 3.09. The Morgan fingerprint density at radius 2 is 2.00 bits per heavy atom. The summed E-state index contributed by atoms with van der Waals surface area (Å²) in [6, 6.07) is 19.2. The fraction of sp³-hybridized carbons (Fsp3) is 0. The molecule has 0 saturated carbocycles. The number of aromatic nitrogens is 3. The minimum atomic E-state index is 0.417. The third kappa shape index (κ3) is 3.32. The first-order valence-electron chi connectivity index (χ1n) is 7.57. The minimum absolute atomic E-state index is 0.417. The van der Waals surface area contributed by atoms with Gasteiger partial charge in [-0.15, -0.1) is 0 Å². The number of H-pyrrole nitrogens is 1. The largest absolute Gasteiger partial charge is 0.450 e. The van der Waals surface area contributed by atoms with E-state index in [0.717, 1.165) is 16.1 Å². The van der Waals surface area contributed by atoms with Gasteiger partial charge >= 0.3 is 0 Å². The molecule has 0 amide bonds. The van der Waals surface area contributed by atoms with E-state index in [0.29, 0.717) is 22.3 Å². The number of pyridine rings is 1. The summed E-state index contributed by atoms with van der Waals surface area (Å²) in [6.07, 6.45) is 3.42. The number of hydrogen-bond acceptors (Lipinski definition) is 5. The number of fused-ring (bicyclic) bond motifs is 1. The van der Waals surface area contributed by atoms with E-state index in [1.54, 1.807) is 12.3 Å². The molecule has 1 aromatic carbocycles. The predicted molar refractivity (Wildman–Crippen MR) is 96.6 cm³/mol. The standard InChI is InChI=1S/C19H12N4OS/c20-12-13(19-22-15-5-1-2-6-16(15)23-19)11-14-8-9-18(24-14)25-17-7-3-4-10-21-17/h1-11H,(H,22,23)/b13-11+. The summed E-state index contributed by atoms with van der Waals surface area (Å²) in [7, 11) is 0. The normalized spacial score (nSPS) is 11.6. The summed E-state index contributed by atoms with van der Waals surface area (Å²) in [6.45, 7) is 0. The molecule has 5 nitrogen and oxygen atoms in total. The second-order valence-corrected chi connectivity index (χ2v) is 6.22. The highest BCUT2D eigenvalue weighted by Gasteiger charge is 2.10. The van der Waals surface area contributed by atoms with E-state index in [-0.39, 0.29) is 0 Å². The maximum Gasteiger partial charge on any atom is 0.167 e. The number of imidazole rings is 1. The van der Waals surface area contributed by atoms with Gasteiger partial charge in [0.15, 0.2) is 5.09 Å². The summed E-state index contributed by atoms with van der Waals surface area (Å²) in [4.78, 5) is 11.9. The Bertz CT molecular complexity index is 1060. The van der Waals surface area contributed by atoms with Crippen LogP contribution in [0.1, 0.15) is 11.6 Å². The molecule has 0 unspecified atom stereocenters. The van der Waals surface area contributed by atoms with Crippen molar-refractivity contribution in [3.63, 3.8) is 0 Å². The molecule has 0 fully saturated rings. The van der Waals surface area contributed by atoms with Crippen molar-refractivity contribution in [2.75, 3.05) is 0 Å². The number of benzene rings is 1. The predicted octanol–water partition coefficient (Wildman–Crippen LogP) is 4.77. The Hall–Kier alpha value is -3.30.